The third kappa shape index (κ3) is 10.3. The second-order valence-corrected chi connectivity index (χ2v) is 11.0. The van der Waals surface area contributed by atoms with Gasteiger partial charge in [-0.1, -0.05) is 97.1 Å². The number of aliphatic carboxylic acids is 1. The van der Waals surface area contributed by atoms with Crippen molar-refractivity contribution < 1.29 is 19.8 Å². The van der Waals surface area contributed by atoms with Crippen LogP contribution in [0.5, 0.6) is 0 Å². The number of carbonyl (C=O) groups is 2. The normalized spacial score (nSPS) is 11.8. The van der Waals surface area contributed by atoms with Gasteiger partial charge in [0.2, 0.25) is 0 Å². The van der Waals surface area contributed by atoms with Gasteiger partial charge in [0.05, 0.1) is 5.56 Å². The largest absolute Gasteiger partial charge is 0.481 e. The molecule has 2 N–H and O–H groups in total. The topological polar surface area (TPSA) is 77.8 Å². The lowest BCUT2D eigenvalue weighted by Crippen LogP contribution is -2.30. The first kappa shape index (κ1) is 30.7. The van der Waals surface area contributed by atoms with Crippen LogP contribution in [-0.4, -0.2) is 40.1 Å². The lowest BCUT2D eigenvalue weighted by Gasteiger charge is -2.28. The van der Waals surface area contributed by atoms with Crippen LogP contribution in [0, 0.1) is 0 Å². The summed E-state index contributed by atoms with van der Waals surface area (Å²) in [6.45, 7) is 2.31. The Hall–Kier alpha value is -4.22. The minimum Gasteiger partial charge on any atom is -0.481 e. The monoisotopic (exact) mass is 563 g/mol. The van der Waals surface area contributed by atoms with Crippen LogP contribution in [0.2, 0.25) is 0 Å². The zero-order valence-corrected chi connectivity index (χ0v) is 24.2. The fourth-order valence-corrected chi connectivity index (χ4v) is 5.40. The molecule has 0 radical (unpaired) electrons. The van der Waals surface area contributed by atoms with Gasteiger partial charge in [-0.3, -0.25) is 9.69 Å². The van der Waals surface area contributed by atoms with Gasteiger partial charge in [-0.05, 0) is 90.9 Å². The average Bonchev–Trinajstić information content (AvgIpc) is 3.01. The van der Waals surface area contributed by atoms with Gasteiger partial charge in [0, 0.05) is 19.5 Å². The molecular formula is C37H41NO4. The summed E-state index contributed by atoms with van der Waals surface area (Å²) < 4.78 is 0. The Balaban J connectivity index is 1.42. The summed E-state index contributed by atoms with van der Waals surface area (Å²) in [4.78, 5) is 24.8. The van der Waals surface area contributed by atoms with Gasteiger partial charge >= 0.3 is 11.9 Å². The van der Waals surface area contributed by atoms with Crippen molar-refractivity contribution in [2.24, 2.45) is 0 Å². The van der Waals surface area contributed by atoms with Gasteiger partial charge in [-0.2, -0.15) is 0 Å². The molecule has 0 saturated heterocycles. The summed E-state index contributed by atoms with van der Waals surface area (Å²) in [5.41, 5.74) is 6.67. The van der Waals surface area contributed by atoms with Crippen molar-refractivity contribution in [3.63, 3.8) is 0 Å². The Morgan fingerprint density at radius 2 is 1.17 bits per heavy atom. The third-order valence-electron chi connectivity index (χ3n) is 7.82. The number of hydrogen-bond acceptors (Lipinski definition) is 3. The van der Waals surface area contributed by atoms with E-state index in [9.17, 15) is 14.7 Å². The molecule has 0 saturated carbocycles. The highest BCUT2D eigenvalue weighted by molar-refractivity contribution is 5.87. The molecule has 0 heterocycles. The fourth-order valence-electron chi connectivity index (χ4n) is 5.40. The zero-order valence-electron chi connectivity index (χ0n) is 24.2. The number of aromatic carboxylic acids is 1. The number of unbranched alkanes of at least 4 members (excludes halogenated alkanes) is 1. The minimum atomic E-state index is -0.930. The van der Waals surface area contributed by atoms with Crippen LogP contribution >= 0.6 is 0 Å². The molecule has 0 fully saturated rings. The Morgan fingerprint density at radius 3 is 1.76 bits per heavy atom. The Kier molecular flexibility index (Phi) is 11.9. The van der Waals surface area contributed by atoms with Gasteiger partial charge in [0.25, 0.3) is 0 Å². The van der Waals surface area contributed by atoms with Crippen LogP contribution in [0.25, 0.3) is 0 Å². The van der Waals surface area contributed by atoms with Crippen LogP contribution in [0.3, 0.4) is 0 Å². The molecule has 4 aromatic rings. The smallest absolute Gasteiger partial charge is 0.335 e. The molecule has 4 rings (SSSR count). The van der Waals surface area contributed by atoms with Gasteiger partial charge in [-0.25, -0.2) is 4.79 Å². The van der Waals surface area contributed by atoms with E-state index in [1.807, 2.05) is 18.2 Å². The highest BCUT2D eigenvalue weighted by Gasteiger charge is 2.18. The molecule has 0 spiro atoms. The van der Waals surface area contributed by atoms with Crippen molar-refractivity contribution >= 4 is 11.9 Å². The number of rotatable bonds is 17. The number of benzene rings is 4. The summed E-state index contributed by atoms with van der Waals surface area (Å²) in [5.74, 6) is -1.39. The molecule has 0 aliphatic heterocycles. The lowest BCUT2D eigenvalue weighted by atomic mass is 9.91. The first-order valence-corrected chi connectivity index (χ1v) is 14.9. The quantitative estimate of drug-likeness (QED) is 0.129. The number of carboxylic acid groups (broad SMARTS) is 2. The van der Waals surface area contributed by atoms with Crippen molar-refractivity contribution in [1.82, 2.24) is 4.90 Å². The fraction of sp³-hybridized carbons (Fsp3) is 0.297. The van der Waals surface area contributed by atoms with Crippen molar-refractivity contribution in [3.8, 4) is 0 Å². The van der Waals surface area contributed by atoms with E-state index in [0.717, 1.165) is 50.8 Å². The molecule has 5 nitrogen and oxygen atoms in total. The number of carboxylic acids is 2. The first-order valence-electron chi connectivity index (χ1n) is 14.9. The second-order valence-electron chi connectivity index (χ2n) is 11.0. The highest BCUT2D eigenvalue weighted by Crippen LogP contribution is 2.25. The van der Waals surface area contributed by atoms with Crippen molar-refractivity contribution in [2.75, 3.05) is 13.1 Å². The van der Waals surface area contributed by atoms with Crippen LogP contribution in [0.4, 0.5) is 0 Å². The SMILES string of the molecule is O=C(O)CCCCN(Cc1ccc(C(=O)O)cc1)CC(CCc1ccc(CCc2ccccc2)cc1)c1ccccc1. The van der Waals surface area contributed by atoms with Gasteiger partial charge in [-0.15, -0.1) is 0 Å². The van der Waals surface area contributed by atoms with Crippen LogP contribution in [0.1, 0.15) is 69.8 Å². The number of hydrogen-bond donors (Lipinski definition) is 2. The summed E-state index contributed by atoms with van der Waals surface area (Å²) >= 11 is 0. The maximum absolute atomic E-state index is 11.3. The van der Waals surface area contributed by atoms with Gasteiger partial charge in [0.1, 0.15) is 0 Å². The lowest BCUT2D eigenvalue weighted by molar-refractivity contribution is -0.137. The molecule has 0 aliphatic rings. The zero-order chi connectivity index (χ0) is 29.6. The van der Waals surface area contributed by atoms with E-state index in [2.05, 4.69) is 83.8 Å². The molecule has 0 aliphatic carbocycles. The molecule has 1 unspecified atom stereocenters. The number of nitrogens with zero attached hydrogens (tertiary/aromatic N) is 1. The van der Waals surface area contributed by atoms with E-state index in [1.54, 1.807) is 12.1 Å². The molecule has 42 heavy (non-hydrogen) atoms. The summed E-state index contributed by atoms with van der Waals surface area (Å²) in [6, 6.07) is 37.3. The molecule has 0 bridgehead atoms. The van der Waals surface area contributed by atoms with Gasteiger partial charge in [0.15, 0.2) is 0 Å². The van der Waals surface area contributed by atoms with Gasteiger partial charge < -0.3 is 10.2 Å². The van der Waals surface area contributed by atoms with Crippen LogP contribution in [0.15, 0.2) is 109 Å². The average molecular weight is 564 g/mol. The maximum atomic E-state index is 11.3. The number of aryl methyl sites for hydroxylation is 3. The molecule has 0 aromatic heterocycles. The summed E-state index contributed by atoms with van der Waals surface area (Å²) in [5, 5.41) is 18.4. The molecular weight excluding hydrogens is 522 g/mol. The Bertz CT molecular complexity index is 1370. The molecule has 218 valence electrons. The van der Waals surface area contributed by atoms with Crippen molar-refractivity contribution in [1.29, 1.82) is 0 Å². The molecule has 0 amide bonds. The highest BCUT2D eigenvalue weighted by atomic mass is 16.4. The van der Waals surface area contributed by atoms with Crippen molar-refractivity contribution in [2.45, 2.75) is 57.4 Å². The summed E-state index contributed by atoms with van der Waals surface area (Å²) in [7, 11) is 0. The van der Waals surface area contributed by atoms with Crippen LogP contribution < -0.4 is 0 Å². The molecule has 1 atom stereocenters. The van der Waals surface area contributed by atoms with E-state index in [1.165, 1.54) is 22.3 Å². The molecule has 4 aromatic carbocycles. The standard InChI is InChI=1S/C37H41NO4/c39-36(40)13-7-8-26-38(27-32-21-23-34(24-22-32)37(41)42)28-35(33-11-5-2-6-12-33)25-20-31-18-16-30(17-19-31)15-14-29-9-3-1-4-10-29/h1-6,9-12,16-19,21-24,35H,7-8,13-15,20,25-28H2,(H,39,40)(H,41,42). The van der Waals surface area contributed by atoms with E-state index >= 15 is 0 Å². The van der Waals surface area contributed by atoms with E-state index in [4.69, 9.17) is 5.11 Å². The predicted octanol–water partition coefficient (Wildman–Crippen LogP) is 7.64. The van der Waals surface area contributed by atoms with E-state index < -0.39 is 11.9 Å². The van der Waals surface area contributed by atoms with E-state index in [-0.39, 0.29) is 12.0 Å². The Labute approximate surface area is 249 Å². The minimum absolute atomic E-state index is 0.171. The maximum Gasteiger partial charge on any atom is 0.335 e. The van der Waals surface area contributed by atoms with Crippen molar-refractivity contribution in [3.05, 3.63) is 143 Å². The summed E-state index contributed by atoms with van der Waals surface area (Å²) in [6.07, 6.45) is 5.64. The predicted molar refractivity (Wildman–Crippen MR) is 168 cm³/mol. The van der Waals surface area contributed by atoms with Crippen LogP contribution in [-0.2, 0) is 30.6 Å². The third-order valence-corrected chi connectivity index (χ3v) is 7.82. The Morgan fingerprint density at radius 1 is 0.619 bits per heavy atom. The molecule has 5 heteroatoms. The van der Waals surface area contributed by atoms with E-state index in [0.29, 0.717) is 18.9 Å². The second kappa shape index (κ2) is 16.3. The first-order chi connectivity index (χ1) is 20.5.